The van der Waals surface area contributed by atoms with Crippen LogP contribution in [0.4, 0.5) is 5.82 Å². The summed E-state index contributed by atoms with van der Waals surface area (Å²) in [4.78, 5) is 8.22. The SMILES string of the molecule is Cc1nccc(NC2CC(O)C2)n1. The molecule has 4 nitrogen and oxygen atoms in total. The maximum absolute atomic E-state index is 9.08. The Morgan fingerprint density at radius 1 is 1.54 bits per heavy atom. The van der Waals surface area contributed by atoms with Crippen molar-refractivity contribution < 1.29 is 5.11 Å². The number of rotatable bonds is 2. The second-order valence-electron chi connectivity index (χ2n) is 3.46. The van der Waals surface area contributed by atoms with Crippen molar-refractivity contribution in [1.82, 2.24) is 9.97 Å². The molecular weight excluding hydrogens is 166 g/mol. The Kier molecular flexibility index (Phi) is 2.14. The first-order valence-corrected chi connectivity index (χ1v) is 4.48. The quantitative estimate of drug-likeness (QED) is 0.702. The Hall–Kier alpha value is -1.16. The smallest absolute Gasteiger partial charge is 0.129 e. The monoisotopic (exact) mass is 179 g/mol. The molecule has 1 saturated carbocycles. The first-order valence-electron chi connectivity index (χ1n) is 4.48. The molecule has 1 heterocycles. The molecule has 1 aliphatic carbocycles. The van der Waals surface area contributed by atoms with E-state index in [0.717, 1.165) is 24.5 Å². The highest BCUT2D eigenvalue weighted by Gasteiger charge is 2.26. The summed E-state index contributed by atoms with van der Waals surface area (Å²) in [5.74, 6) is 1.62. The average Bonchev–Trinajstić information content (AvgIpc) is 2.01. The van der Waals surface area contributed by atoms with Crippen molar-refractivity contribution in [3.05, 3.63) is 18.1 Å². The Labute approximate surface area is 77.0 Å². The van der Waals surface area contributed by atoms with Crippen molar-refractivity contribution in [3.63, 3.8) is 0 Å². The molecule has 0 saturated heterocycles. The number of aliphatic hydroxyl groups excluding tert-OH is 1. The average molecular weight is 179 g/mol. The van der Waals surface area contributed by atoms with Crippen LogP contribution in [0.15, 0.2) is 12.3 Å². The molecule has 0 bridgehead atoms. The summed E-state index contributed by atoms with van der Waals surface area (Å²) < 4.78 is 0. The van der Waals surface area contributed by atoms with Crippen LogP contribution in [-0.4, -0.2) is 27.2 Å². The second kappa shape index (κ2) is 3.30. The number of hydrogen-bond donors (Lipinski definition) is 2. The van der Waals surface area contributed by atoms with Crippen molar-refractivity contribution in [2.75, 3.05) is 5.32 Å². The van der Waals surface area contributed by atoms with E-state index in [1.807, 2.05) is 13.0 Å². The highest BCUT2D eigenvalue weighted by Crippen LogP contribution is 2.22. The first kappa shape index (κ1) is 8.44. The van der Waals surface area contributed by atoms with Gasteiger partial charge in [-0.2, -0.15) is 0 Å². The largest absolute Gasteiger partial charge is 0.393 e. The fraction of sp³-hybridized carbons (Fsp3) is 0.556. The van der Waals surface area contributed by atoms with Crippen LogP contribution in [0.2, 0.25) is 0 Å². The number of nitrogens with zero attached hydrogens (tertiary/aromatic N) is 2. The van der Waals surface area contributed by atoms with Gasteiger partial charge in [-0.05, 0) is 25.8 Å². The summed E-state index contributed by atoms with van der Waals surface area (Å²) in [6, 6.07) is 2.22. The van der Waals surface area contributed by atoms with Gasteiger partial charge in [0.25, 0.3) is 0 Å². The van der Waals surface area contributed by atoms with E-state index in [2.05, 4.69) is 15.3 Å². The maximum Gasteiger partial charge on any atom is 0.129 e. The van der Waals surface area contributed by atoms with Gasteiger partial charge in [0, 0.05) is 12.2 Å². The van der Waals surface area contributed by atoms with Crippen molar-refractivity contribution in [2.24, 2.45) is 0 Å². The molecule has 2 rings (SSSR count). The predicted octanol–water partition coefficient (Wildman–Crippen LogP) is 0.720. The third-order valence-electron chi connectivity index (χ3n) is 2.24. The van der Waals surface area contributed by atoms with E-state index < -0.39 is 0 Å². The third kappa shape index (κ3) is 1.95. The van der Waals surface area contributed by atoms with Crippen LogP contribution < -0.4 is 5.32 Å². The fourth-order valence-electron chi connectivity index (χ4n) is 1.45. The minimum atomic E-state index is -0.125. The van der Waals surface area contributed by atoms with Crippen LogP contribution in [0, 0.1) is 6.92 Å². The molecule has 1 aromatic heterocycles. The zero-order valence-electron chi connectivity index (χ0n) is 7.57. The van der Waals surface area contributed by atoms with E-state index in [9.17, 15) is 0 Å². The number of aryl methyl sites for hydroxylation is 1. The first-order chi connectivity index (χ1) is 6.24. The molecule has 0 spiro atoms. The van der Waals surface area contributed by atoms with Gasteiger partial charge in [0.15, 0.2) is 0 Å². The molecule has 1 aliphatic rings. The summed E-state index contributed by atoms with van der Waals surface area (Å²) in [6.45, 7) is 1.86. The molecule has 13 heavy (non-hydrogen) atoms. The highest BCUT2D eigenvalue weighted by atomic mass is 16.3. The van der Waals surface area contributed by atoms with Crippen LogP contribution in [0.3, 0.4) is 0 Å². The lowest BCUT2D eigenvalue weighted by Crippen LogP contribution is -2.39. The molecule has 0 unspecified atom stereocenters. The van der Waals surface area contributed by atoms with Gasteiger partial charge in [0.1, 0.15) is 11.6 Å². The number of nitrogens with one attached hydrogen (secondary N) is 1. The van der Waals surface area contributed by atoms with Crippen LogP contribution >= 0.6 is 0 Å². The van der Waals surface area contributed by atoms with E-state index >= 15 is 0 Å². The van der Waals surface area contributed by atoms with Gasteiger partial charge in [-0.15, -0.1) is 0 Å². The molecule has 0 radical (unpaired) electrons. The minimum absolute atomic E-state index is 0.125. The molecule has 1 aromatic rings. The molecular formula is C9H13N3O. The van der Waals surface area contributed by atoms with E-state index in [1.54, 1.807) is 6.20 Å². The summed E-state index contributed by atoms with van der Waals surface area (Å²) in [7, 11) is 0. The molecule has 0 aromatic carbocycles. The van der Waals surface area contributed by atoms with E-state index in [1.165, 1.54) is 0 Å². The van der Waals surface area contributed by atoms with Crippen LogP contribution in [-0.2, 0) is 0 Å². The molecule has 70 valence electrons. The maximum atomic E-state index is 9.08. The van der Waals surface area contributed by atoms with Gasteiger partial charge in [-0.1, -0.05) is 0 Å². The van der Waals surface area contributed by atoms with Gasteiger partial charge >= 0.3 is 0 Å². The Morgan fingerprint density at radius 2 is 2.31 bits per heavy atom. The molecule has 1 fully saturated rings. The number of anilines is 1. The number of aromatic nitrogens is 2. The van der Waals surface area contributed by atoms with Gasteiger partial charge in [-0.25, -0.2) is 9.97 Å². The summed E-state index contributed by atoms with van der Waals surface area (Å²) in [5.41, 5.74) is 0. The Morgan fingerprint density at radius 3 is 2.92 bits per heavy atom. The Balaban J connectivity index is 1.94. The predicted molar refractivity (Wildman–Crippen MR) is 49.4 cm³/mol. The van der Waals surface area contributed by atoms with Gasteiger partial charge < -0.3 is 10.4 Å². The Bertz CT molecular complexity index is 297. The van der Waals surface area contributed by atoms with Crippen LogP contribution in [0.1, 0.15) is 18.7 Å². The second-order valence-corrected chi connectivity index (χ2v) is 3.46. The van der Waals surface area contributed by atoms with Crippen molar-refractivity contribution in [3.8, 4) is 0 Å². The summed E-state index contributed by atoms with van der Waals surface area (Å²) in [5, 5.41) is 12.3. The topological polar surface area (TPSA) is 58.0 Å². The van der Waals surface area contributed by atoms with Crippen molar-refractivity contribution in [2.45, 2.75) is 31.9 Å². The van der Waals surface area contributed by atoms with E-state index in [4.69, 9.17) is 5.11 Å². The fourth-order valence-corrected chi connectivity index (χ4v) is 1.45. The van der Waals surface area contributed by atoms with Crippen molar-refractivity contribution >= 4 is 5.82 Å². The zero-order valence-corrected chi connectivity index (χ0v) is 7.57. The lowest BCUT2D eigenvalue weighted by molar-refractivity contribution is 0.0835. The number of aliphatic hydroxyl groups is 1. The number of hydrogen-bond acceptors (Lipinski definition) is 4. The van der Waals surface area contributed by atoms with Gasteiger partial charge in [0.05, 0.1) is 6.10 Å². The molecule has 2 N–H and O–H groups in total. The minimum Gasteiger partial charge on any atom is -0.393 e. The lowest BCUT2D eigenvalue weighted by Gasteiger charge is -2.32. The van der Waals surface area contributed by atoms with E-state index in [0.29, 0.717) is 6.04 Å². The molecule has 0 atom stereocenters. The standard InChI is InChI=1S/C9H13N3O/c1-6-10-3-2-9(11-6)12-7-4-8(13)5-7/h2-3,7-8,13H,4-5H2,1H3,(H,10,11,12). The van der Waals surface area contributed by atoms with Crippen molar-refractivity contribution in [1.29, 1.82) is 0 Å². The highest BCUT2D eigenvalue weighted by molar-refractivity contribution is 5.35. The lowest BCUT2D eigenvalue weighted by atomic mass is 9.89. The van der Waals surface area contributed by atoms with Gasteiger partial charge in [0.2, 0.25) is 0 Å². The molecule has 4 heteroatoms. The summed E-state index contributed by atoms with van der Waals surface area (Å²) >= 11 is 0. The van der Waals surface area contributed by atoms with Crippen LogP contribution in [0.25, 0.3) is 0 Å². The third-order valence-corrected chi connectivity index (χ3v) is 2.24. The van der Waals surface area contributed by atoms with Gasteiger partial charge in [-0.3, -0.25) is 0 Å². The van der Waals surface area contributed by atoms with E-state index in [-0.39, 0.29) is 6.10 Å². The molecule has 0 aliphatic heterocycles. The summed E-state index contributed by atoms with van der Waals surface area (Å²) in [6.07, 6.45) is 3.26. The van der Waals surface area contributed by atoms with Crippen LogP contribution in [0.5, 0.6) is 0 Å². The normalized spacial score (nSPS) is 26.6. The molecule has 0 amide bonds. The zero-order chi connectivity index (χ0) is 9.26.